The van der Waals surface area contributed by atoms with Crippen LogP contribution in [0.4, 0.5) is 0 Å². The summed E-state index contributed by atoms with van der Waals surface area (Å²) in [4.78, 5) is 0. The van der Waals surface area contributed by atoms with E-state index in [-0.39, 0.29) is 0 Å². The smallest absolute Gasteiger partial charge is 0.0249 e. The molecule has 0 fully saturated rings. The predicted molar refractivity (Wildman–Crippen MR) is 122 cm³/mol. The first kappa shape index (κ1) is 21.6. The molecule has 0 aliphatic carbocycles. The van der Waals surface area contributed by atoms with Crippen LogP contribution in [0.5, 0.6) is 0 Å². The van der Waals surface area contributed by atoms with Crippen LogP contribution in [0.1, 0.15) is 74.6 Å². The Bertz CT molecular complexity index is 827. The molecule has 0 aliphatic rings. The molecule has 0 unspecified atom stereocenters. The van der Waals surface area contributed by atoms with Gasteiger partial charge < -0.3 is 0 Å². The van der Waals surface area contributed by atoms with Gasteiger partial charge in [-0.1, -0.05) is 87.5 Å². The van der Waals surface area contributed by atoms with Gasteiger partial charge >= 0.3 is 0 Å². The van der Waals surface area contributed by atoms with Crippen molar-refractivity contribution < 1.29 is 0 Å². The van der Waals surface area contributed by atoms with Gasteiger partial charge in [0.1, 0.15) is 0 Å². The van der Waals surface area contributed by atoms with Crippen LogP contribution < -0.4 is 0 Å². The number of rotatable bonds is 8. The number of unbranched alkanes of at least 4 members (excludes halogenated alkanes) is 4. The summed E-state index contributed by atoms with van der Waals surface area (Å²) in [7, 11) is 0. The Kier molecular flexibility index (Phi) is 10.4. The lowest BCUT2D eigenvalue weighted by Gasteiger charge is -2.01. The first-order valence-electron chi connectivity index (χ1n) is 10.7. The van der Waals surface area contributed by atoms with E-state index in [0.717, 1.165) is 17.5 Å². The second-order valence-corrected chi connectivity index (χ2v) is 7.18. The highest BCUT2D eigenvalue weighted by molar-refractivity contribution is 5.42. The van der Waals surface area contributed by atoms with Crippen LogP contribution in [-0.4, -0.2) is 0 Å². The zero-order valence-corrected chi connectivity index (χ0v) is 17.4. The Hall–Kier alpha value is -2.70. The van der Waals surface area contributed by atoms with Gasteiger partial charge in [0.15, 0.2) is 0 Å². The predicted octanol–water partition coefficient (Wildman–Crippen LogP) is 7.11. The third kappa shape index (κ3) is 8.79. The number of allylic oxidation sites excluding steroid dienone is 2. The van der Waals surface area contributed by atoms with Crippen LogP contribution >= 0.6 is 0 Å². The minimum absolute atomic E-state index is 1.05. The summed E-state index contributed by atoms with van der Waals surface area (Å²) in [6.45, 7) is 4.47. The molecular weight excluding hydrogens is 336 g/mol. The summed E-state index contributed by atoms with van der Waals surface area (Å²) in [5, 5.41) is 0. The lowest BCUT2D eigenvalue weighted by molar-refractivity contribution is 0.667. The maximum Gasteiger partial charge on any atom is 0.0249 e. The molecule has 0 nitrogen and oxygen atoms in total. The number of aryl methyl sites for hydroxylation is 2. The van der Waals surface area contributed by atoms with Gasteiger partial charge in [-0.2, -0.15) is 0 Å². The second kappa shape index (κ2) is 13.5. The van der Waals surface area contributed by atoms with Gasteiger partial charge in [-0.3, -0.25) is 0 Å². The molecule has 28 heavy (non-hydrogen) atoms. The molecule has 0 bridgehead atoms. The highest BCUT2D eigenvalue weighted by Gasteiger charge is 1.94. The fourth-order valence-corrected chi connectivity index (χ4v) is 2.98. The number of hydrogen-bond donors (Lipinski definition) is 0. The zero-order valence-electron chi connectivity index (χ0n) is 17.4. The Morgan fingerprint density at radius 2 is 1.04 bits per heavy atom. The molecule has 0 atom stereocenters. The van der Waals surface area contributed by atoms with Gasteiger partial charge in [0.25, 0.3) is 0 Å². The molecule has 0 heteroatoms. The Balaban J connectivity index is 1.79. The van der Waals surface area contributed by atoms with E-state index in [2.05, 4.69) is 86.1 Å². The molecule has 2 aromatic carbocycles. The fourth-order valence-electron chi connectivity index (χ4n) is 2.98. The van der Waals surface area contributed by atoms with Crippen molar-refractivity contribution in [2.75, 3.05) is 0 Å². The highest BCUT2D eigenvalue weighted by Crippen LogP contribution is 2.09. The number of hydrogen-bond acceptors (Lipinski definition) is 0. The topological polar surface area (TPSA) is 0 Å². The second-order valence-electron chi connectivity index (χ2n) is 7.18. The van der Waals surface area contributed by atoms with E-state index in [1.165, 1.54) is 56.1 Å². The van der Waals surface area contributed by atoms with E-state index < -0.39 is 0 Å². The first-order valence-corrected chi connectivity index (χ1v) is 10.7. The maximum atomic E-state index is 3.17. The third-order valence-corrected chi connectivity index (χ3v) is 4.73. The SMILES string of the molecule is CCCCCCc1ccc(C#CC=CC#Cc2ccc(CCCC)cc2)cc1. The van der Waals surface area contributed by atoms with Crippen molar-refractivity contribution >= 4 is 0 Å². The molecule has 2 rings (SSSR count). The van der Waals surface area contributed by atoms with Crippen LogP contribution in [-0.2, 0) is 12.8 Å². The van der Waals surface area contributed by atoms with E-state index in [1.807, 2.05) is 12.2 Å². The van der Waals surface area contributed by atoms with Crippen LogP contribution in [0.2, 0.25) is 0 Å². The molecule has 0 heterocycles. The third-order valence-electron chi connectivity index (χ3n) is 4.73. The Morgan fingerprint density at radius 3 is 1.50 bits per heavy atom. The summed E-state index contributed by atoms with van der Waals surface area (Å²) in [5.41, 5.74) is 4.90. The van der Waals surface area contributed by atoms with Crippen LogP contribution in [0.25, 0.3) is 0 Å². The molecular formula is C28H32. The molecule has 0 amide bonds. The van der Waals surface area contributed by atoms with Crippen LogP contribution in [0.15, 0.2) is 60.7 Å². The average molecular weight is 369 g/mol. The molecule has 0 saturated heterocycles. The van der Waals surface area contributed by atoms with E-state index in [0.29, 0.717) is 0 Å². The lowest BCUT2D eigenvalue weighted by Crippen LogP contribution is -1.86. The minimum atomic E-state index is 1.05. The van der Waals surface area contributed by atoms with Crippen LogP contribution in [0.3, 0.4) is 0 Å². The molecule has 0 saturated carbocycles. The summed E-state index contributed by atoms with van der Waals surface area (Å²) in [6.07, 6.45) is 13.7. The summed E-state index contributed by atoms with van der Waals surface area (Å²) >= 11 is 0. The Labute approximate surface area is 172 Å². The minimum Gasteiger partial charge on any atom is -0.0689 e. The van der Waals surface area contributed by atoms with E-state index in [4.69, 9.17) is 0 Å². The summed E-state index contributed by atoms with van der Waals surface area (Å²) in [5.74, 6) is 12.5. The molecule has 0 aromatic heterocycles. The van der Waals surface area contributed by atoms with Gasteiger partial charge in [0, 0.05) is 11.1 Å². The Morgan fingerprint density at radius 1 is 0.571 bits per heavy atom. The normalized spacial score (nSPS) is 10.2. The van der Waals surface area contributed by atoms with Crippen molar-refractivity contribution in [1.29, 1.82) is 0 Å². The molecule has 144 valence electrons. The molecule has 0 radical (unpaired) electrons. The first-order chi connectivity index (χ1) is 13.8. The van der Waals surface area contributed by atoms with Crippen molar-refractivity contribution in [2.45, 2.75) is 65.2 Å². The molecule has 0 spiro atoms. The van der Waals surface area contributed by atoms with Gasteiger partial charge in [0.2, 0.25) is 0 Å². The average Bonchev–Trinajstić information content (AvgIpc) is 2.74. The standard InChI is InChI=1S/C28H32/c1-3-5-7-10-14-26-21-23-28(24-22-26)16-12-9-8-11-15-27-19-17-25(18-20-27)13-6-4-2/h8-9,17-24H,3-7,10,13-14H2,1-2H3. The van der Waals surface area contributed by atoms with Crippen molar-refractivity contribution in [3.63, 3.8) is 0 Å². The van der Waals surface area contributed by atoms with Gasteiger partial charge in [-0.05, 0) is 73.2 Å². The molecule has 0 aliphatic heterocycles. The fraction of sp³-hybridized carbons (Fsp3) is 0.357. The van der Waals surface area contributed by atoms with Crippen molar-refractivity contribution in [2.24, 2.45) is 0 Å². The van der Waals surface area contributed by atoms with Gasteiger partial charge in [-0.25, -0.2) is 0 Å². The van der Waals surface area contributed by atoms with E-state index in [9.17, 15) is 0 Å². The van der Waals surface area contributed by atoms with Crippen molar-refractivity contribution in [3.05, 3.63) is 82.9 Å². The summed E-state index contributed by atoms with van der Waals surface area (Å²) in [6, 6.07) is 17.2. The van der Waals surface area contributed by atoms with Crippen molar-refractivity contribution in [3.8, 4) is 23.7 Å². The highest BCUT2D eigenvalue weighted by atomic mass is 14.0. The van der Waals surface area contributed by atoms with Gasteiger partial charge in [0.05, 0.1) is 0 Å². The molecule has 0 N–H and O–H groups in total. The number of benzene rings is 2. The lowest BCUT2D eigenvalue weighted by atomic mass is 10.0. The largest absolute Gasteiger partial charge is 0.0689 e. The van der Waals surface area contributed by atoms with Crippen LogP contribution in [0, 0.1) is 23.7 Å². The zero-order chi connectivity index (χ0) is 19.9. The summed E-state index contributed by atoms with van der Waals surface area (Å²) < 4.78 is 0. The maximum absolute atomic E-state index is 3.17. The van der Waals surface area contributed by atoms with Gasteiger partial charge in [-0.15, -0.1) is 0 Å². The monoisotopic (exact) mass is 368 g/mol. The quantitative estimate of drug-likeness (QED) is 0.344. The van der Waals surface area contributed by atoms with E-state index >= 15 is 0 Å². The van der Waals surface area contributed by atoms with E-state index in [1.54, 1.807) is 0 Å². The van der Waals surface area contributed by atoms with Crippen molar-refractivity contribution in [1.82, 2.24) is 0 Å². The molecule has 2 aromatic rings.